The fourth-order valence-electron chi connectivity index (χ4n) is 1.74. The van der Waals surface area contributed by atoms with Crippen molar-refractivity contribution in [3.8, 4) is 5.69 Å². The van der Waals surface area contributed by atoms with E-state index in [1.165, 1.54) is 6.20 Å². The minimum Gasteiger partial charge on any atom is -0.234 e. The van der Waals surface area contributed by atoms with Crippen molar-refractivity contribution in [2.45, 2.75) is 18.8 Å². The van der Waals surface area contributed by atoms with E-state index in [2.05, 4.69) is 10.1 Å². The first-order chi connectivity index (χ1) is 8.58. The quantitative estimate of drug-likeness (QED) is 0.611. The molecular formula is C11H7F4N3. The average molecular weight is 257 g/mol. The highest BCUT2D eigenvalue weighted by Gasteiger charge is 2.28. The minimum atomic E-state index is -1.69. The molecule has 0 amide bonds. The third kappa shape index (κ3) is 1.66. The number of halogens is 4. The number of hydrogen-bond donors (Lipinski definition) is 0. The summed E-state index contributed by atoms with van der Waals surface area (Å²) in [4.78, 5) is 2.49. The zero-order valence-electron chi connectivity index (χ0n) is 9.00. The van der Waals surface area contributed by atoms with Crippen molar-refractivity contribution < 1.29 is 17.6 Å². The van der Waals surface area contributed by atoms with Gasteiger partial charge in [-0.25, -0.2) is 4.68 Å². The van der Waals surface area contributed by atoms with Crippen LogP contribution in [0.3, 0.4) is 0 Å². The van der Waals surface area contributed by atoms with E-state index in [0.29, 0.717) is 5.69 Å². The van der Waals surface area contributed by atoms with Gasteiger partial charge in [-0.15, -0.1) is 0 Å². The molecule has 3 nitrogen and oxygen atoms in total. The van der Waals surface area contributed by atoms with Crippen LogP contribution in [0.15, 0.2) is 12.3 Å². The molecule has 1 aliphatic carbocycles. The number of pyridine rings is 1. The van der Waals surface area contributed by atoms with Gasteiger partial charge in [0.2, 0.25) is 11.6 Å². The summed E-state index contributed by atoms with van der Waals surface area (Å²) in [6.45, 7) is 0. The van der Waals surface area contributed by atoms with Crippen molar-refractivity contribution in [2.24, 2.45) is 0 Å². The highest BCUT2D eigenvalue weighted by Crippen LogP contribution is 2.39. The molecule has 0 aliphatic heterocycles. The summed E-state index contributed by atoms with van der Waals surface area (Å²) in [6.07, 6.45) is 3.19. The van der Waals surface area contributed by atoms with Crippen LogP contribution >= 0.6 is 0 Å². The summed E-state index contributed by atoms with van der Waals surface area (Å²) in [5, 5.41) is 3.92. The molecule has 2 aromatic heterocycles. The van der Waals surface area contributed by atoms with Crippen molar-refractivity contribution in [2.75, 3.05) is 0 Å². The summed E-state index contributed by atoms with van der Waals surface area (Å²) in [5.41, 5.74) is -0.224. The number of nitrogens with zero attached hydrogens (tertiary/aromatic N) is 3. The molecule has 18 heavy (non-hydrogen) atoms. The van der Waals surface area contributed by atoms with Crippen LogP contribution in [0.4, 0.5) is 17.6 Å². The number of rotatable bonds is 2. The third-order valence-electron chi connectivity index (χ3n) is 2.81. The summed E-state index contributed by atoms with van der Waals surface area (Å²) in [5.74, 6) is -6.22. The molecule has 0 radical (unpaired) electrons. The predicted octanol–water partition coefficient (Wildman–Crippen LogP) is 2.70. The second kappa shape index (κ2) is 3.79. The van der Waals surface area contributed by atoms with Crippen LogP contribution in [0.1, 0.15) is 24.5 Å². The lowest BCUT2D eigenvalue weighted by Gasteiger charge is -2.05. The zero-order valence-corrected chi connectivity index (χ0v) is 9.00. The molecule has 0 aromatic carbocycles. The standard InChI is InChI=1S/C11H7F4N3/c12-7-9(8(13)11(15)16-10(7)14)18-4-3-6(17-18)5-1-2-5/h3-5H,1-2H2. The Morgan fingerprint density at radius 2 is 1.67 bits per heavy atom. The predicted molar refractivity (Wildman–Crippen MR) is 53.2 cm³/mol. The molecule has 0 bridgehead atoms. The summed E-state index contributed by atoms with van der Waals surface area (Å²) in [6, 6.07) is 1.58. The lowest BCUT2D eigenvalue weighted by atomic mass is 10.3. The van der Waals surface area contributed by atoms with Gasteiger partial charge in [0.1, 0.15) is 5.69 Å². The van der Waals surface area contributed by atoms with E-state index < -0.39 is 29.2 Å². The van der Waals surface area contributed by atoms with E-state index in [1.54, 1.807) is 6.07 Å². The van der Waals surface area contributed by atoms with Crippen LogP contribution in [0.25, 0.3) is 5.69 Å². The van der Waals surface area contributed by atoms with E-state index >= 15 is 0 Å². The summed E-state index contributed by atoms with van der Waals surface area (Å²) >= 11 is 0. The number of aromatic nitrogens is 3. The molecule has 3 rings (SSSR count). The SMILES string of the molecule is Fc1nc(F)c(F)c(-n2ccc(C3CC3)n2)c1F. The largest absolute Gasteiger partial charge is 0.254 e. The molecule has 1 saturated carbocycles. The first-order valence-corrected chi connectivity index (χ1v) is 5.34. The van der Waals surface area contributed by atoms with Gasteiger partial charge in [0.05, 0.1) is 5.69 Å². The summed E-state index contributed by atoms with van der Waals surface area (Å²) < 4.78 is 53.6. The van der Waals surface area contributed by atoms with Gasteiger partial charge in [-0.3, -0.25) is 0 Å². The highest BCUT2D eigenvalue weighted by molar-refractivity contribution is 5.34. The second-order valence-electron chi connectivity index (χ2n) is 4.13. The Labute approximate surface area is 99.1 Å². The van der Waals surface area contributed by atoms with E-state index in [9.17, 15) is 17.6 Å². The van der Waals surface area contributed by atoms with Gasteiger partial charge in [-0.2, -0.15) is 27.6 Å². The highest BCUT2D eigenvalue weighted by atomic mass is 19.2. The molecule has 7 heteroatoms. The Morgan fingerprint density at radius 3 is 2.22 bits per heavy atom. The smallest absolute Gasteiger partial charge is 0.234 e. The minimum absolute atomic E-state index is 0.272. The monoisotopic (exact) mass is 257 g/mol. The summed E-state index contributed by atoms with van der Waals surface area (Å²) in [7, 11) is 0. The van der Waals surface area contributed by atoms with Gasteiger partial charge >= 0.3 is 0 Å². The Bertz CT molecular complexity index is 593. The first kappa shape index (κ1) is 11.2. The van der Waals surface area contributed by atoms with Crippen molar-refractivity contribution >= 4 is 0 Å². The molecule has 0 N–H and O–H groups in total. The number of hydrogen-bond acceptors (Lipinski definition) is 2. The second-order valence-corrected chi connectivity index (χ2v) is 4.13. The molecule has 94 valence electrons. The molecule has 1 fully saturated rings. The van der Waals surface area contributed by atoms with Gasteiger partial charge in [0.15, 0.2) is 0 Å². The molecular weight excluding hydrogens is 250 g/mol. The molecule has 0 unspecified atom stereocenters. The van der Waals surface area contributed by atoms with Crippen LogP contribution < -0.4 is 0 Å². The lowest BCUT2D eigenvalue weighted by Crippen LogP contribution is -2.09. The average Bonchev–Trinajstić information content (AvgIpc) is 3.07. The zero-order chi connectivity index (χ0) is 12.9. The maximum absolute atomic E-state index is 13.4. The Kier molecular flexibility index (Phi) is 2.36. The van der Waals surface area contributed by atoms with Crippen molar-refractivity contribution in [3.05, 3.63) is 41.5 Å². The van der Waals surface area contributed by atoms with Gasteiger partial charge in [-0.1, -0.05) is 0 Å². The van der Waals surface area contributed by atoms with E-state index in [4.69, 9.17) is 0 Å². The molecule has 2 aromatic rings. The third-order valence-corrected chi connectivity index (χ3v) is 2.81. The maximum Gasteiger partial charge on any atom is 0.254 e. The van der Waals surface area contributed by atoms with Crippen LogP contribution in [0.2, 0.25) is 0 Å². The van der Waals surface area contributed by atoms with Crippen molar-refractivity contribution in [3.63, 3.8) is 0 Å². The van der Waals surface area contributed by atoms with Crippen molar-refractivity contribution in [1.29, 1.82) is 0 Å². The van der Waals surface area contributed by atoms with E-state index in [0.717, 1.165) is 17.5 Å². The maximum atomic E-state index is 13.4. The van der Waals surface area contributed by atoms with Gasteiger partial charge in [-0.05, 0) is 18.9 Å². The normalized spacial score (nSPS) is 15.1. The molecule has 0 saturated heterocycles. The Hall–Kier alpha value is -1.92. The van der Waals surface area contributed by atoms with Gasteiger partial charge < -0.3 is 0 Å². The Balaban J connectivity index is 2.14. The van der Waals surface area contributed by atoms with Crippen LogP contribution in [-0.4, -0.2) is 14.8 Å². The van der Waals surface area contributed by atoms with Crippen LogP contribution in [0.5, 0.6) is 0 Å². The molecule has 1 aliphatic rings. The van der Waals surface area contributed by atoms with Crippen molar-refractivity contribution in [1.82, 2.24) is 14.8 Å². The fourth-order valence-corrected chi connectivity index (χ4v) is 1.74. The van der Waals surface area contributed by atoms with Crippen LogP contribution in [-0.2, 0) is 0 Å². The van der Waals surface area contributed by atoms with E-state index in [1.807, 2.05) is 0 Å². The fraction of sp³-hybridized carbons (Fsp3) is 0.273. The lowest BCUT2D eigenvalue weighted by molar-refractivity contribution is 0.400. The topological polar surface area (TPSA) is 30.7 Å². The first-order valence-electron chi connectivity index (χ1n) is 5.34. The molecule has 0 spiro atoms. The molecule has 2 heterocycles. The van der Waals surface area contributed by atoms with E-state index in [-0.39, 0.29) is 5.92 Å². The van der Waals surface area contributed by atoms with Gasteiger partial charge in [0.25, 0.3) is 11.9 Å². The molecule has 0 atom stereocenters. The van der Waals surface area contributed by atoms with Gasteiger partial charge in [0, 0.05) is 12.1 Å². The van der Waals surface area contributed by atoms with Crippen LogP contribution in [0, 0.1) is 23.5 Å². The Morgan fingerprint density at radius 1 is 1.06 bits per heavy atom.